The maximum atomic E-state index is 13.6. The van der Waals surface area contributed by atoms with E-state index in [0.717, 1.165) is 23.2 Å². The van der Waals surface area contributed by atoms with E-state index < -0.39 is 11.0 Å². The van der Waals surface area contributed by atoms with Gasteiger partial charge in [-0.05, 0) is 57.2 Å². The van der Waals surface area contributed by atoms with Gasteiger partial charge < -0.3 is 14.5 Å². The van der Waals surface area contributed by atoms with Gasteiger partial charge in [0.15, 0.2) is 0 Å². The first-order valence-corrected chi connectivity index (χ1v) is 12.0. The van der Waals surface area contributed by atoms with E-state index in [2.05, 4.69) is 31.5 Å². The second-order valence-electron chi connectivity index (χ2n) is 10.2. The molecular formula is C28H37N3O3. The van der Waals surface area contributed by atoms with Crippen LogP contribution in [0.2, 0.25) is 0 Å². The van der Waals surface area contributed by atoms with Crippen LogP contribution in [-0.4, -0.2) is 48.4 Å². The summed E-state index contributed by atoms with van der Waals surface area (Å²) in [5.74, 6) is 0.357. The van der Waals surface area contributed by atoms with Gasteiger partial charge in [0.05, 0.1) is 12.2 Å². The van der Waals surface area contributed by atoms with Gasteiger partial charge in [0.2, 0.25) is 5.91 Å². The van der Waals surface area contributed by atoms with Crippen molar-refractivity contribution < 1.29 is 14.3 Å². The number of para-hydroxylation sites is 1. The summed E-state index contributed by atoms with van der Waals surface area (Å²) in [7, 11) is 0. The zero-order valence-electron chi connectivity index (χ0n) is 21.3. The minimum atomic E-state index is -0.731. The van der Waals surface area contributed by atoms with Gasteiger partial charge in [0.1, 0.15) is 11.0 Å². The number of fused-ring (bicyclic) bond motifs is 2. The zero-order chi connectivity index (χ0) is 25.1. The SMILES string of the molecule is C=C(CN1C(=O)C2(CN(C(=O)OC(C)(C)C)C2)c2ccccc21)N=C/C(=C/C=C\C)C(C)CC. The number of likely N-dealkylation sites (tertiary alicyclic amines) is 1. The van der Waals surface area contributed by atoms with E-state index in [-0.39, 0.29) is 12.0 Å². The molecule has 0 saturated carbocycles. The van der Waals surface area contributed by atoms with Gasteiger partial charge in [-0.2, -0.15) is 0 Å². The Morgan fingerprint density at radius 3 is 2.59 bits per heavy atom. The fourth-order valence-corrected chi connectivity index (χ4v) is 4.29. The molecule has 3 rings (SSSR count). The fourth-order valence-electron chi connectivity index (χ4n) is 4.29. The number of anilines is 1. The van der Waals surface area contributed by atoms with Crippen molar-refractivity contribution in [1.29, 1.82) is 0 Å². The van der Waals surface area contributed by atoms with Crippen molar-refractivity contribution in [3.05, 3.63) is 65.9 Å². The van der Waals surface area contributed by atoms with Crippen molar-refractivity contribution in [2.24, 2.45) is 10.9 Å². The number of hydrogen-bond donors (Lipinski definition) is 0. The van der Waals surface area contributed by atoms with Crippen molar-refractivity contribution in [2.75, 3.05) is 24.5 Å². The van der Waals surface area contributed by atoms with Gasteiger partial charge in [0, 0.05) is 25.0 Å². The number of carbonyl (C=O) groups is 2. The largest absolute Gasteiger partial charge is 0.444 e. The number of aliphatic imine (C=N–C) groups is 1. The number of benzene rings is 1. The number of carbonyl (C=O) groups excluding carboxylic acids is 2. The van der Waals surface area contributed by atoms with E-state index in [1.165, 1.54) is 0 Å². The van der Waals surface area contributed by atoms with Crippen molar-refractivity contribution in [3.8, 4) is 0 Å². The van der Waals surface area contributed by atoms with Crippen LogP contribution in [0, 0.1) is 5.92 Å². The molecule has 1 aromatic carbocycles. The molecule has 182 valence electrons. The average molecular weight is 464 g/mol. The molecule has 0 radical (unpaired) electrons. The van der Waals surface area contributed by atoms with Crippen LogP contribution in [-0.2, 0) is 14.9 Å². The van der Waals surface area contributed by atoms with E-state index in [1.54, 1.807) is 9.80 Å². The highest BCUT2D eigenvalue weighted by Crippen LogP contribution is 2.47. The molecule has 2 aliphatic heterocycles. The number of amides is 2. The molecule has 1 unspecified atom stereocenters. The van der Waals surface area contributed by atoms with Crippen LogP contribution in [0.1, 0.15) is 53.5 Å². The molecule has 6 heteroatoms. The lowest BCUT2D eigenvalue weighted by Crippen LogP contribution is -2.65. The van der Waals surface area contributed by atoms with Crippen LogP contribution in [0.15, 0.2) is 65.3 Å². The van der Waals surface area contributed by atoms with E-state index in [9.17, 15) is 9.59 Å². The lowest BCUT2D eigenvalue weighted by atomic mass is 9.75. The lowest BCUT2D eigenvalue weighted by molar-refractivity contribution is -0.128. The van der Waals surface area contributed by atoms with Crippen LogP contribution >= 0.6 is 0 Å². The zero-order valence-corrected chi connectivity index (χ0v) is 21.3. The first kappa shape index (κ1) is 25.5. The molecule has 6 nitrogen and oxygen atoms in total. The topological polar surface area (TPSA) is 62.2 Å². The molecule has 0 aliphatic carbocycles. The Morgan fingerprint density at radius 2 is 1.97 bits per heavy atom. The van der Waals surface area contributed by atoms with Crippen molar-refractivity contribution in [1.82, 2.24) is 4.90 Å². The first-order chi connectivity index (χ1) is 16.0. The standard InChI is InChI=1S/C28H37N3O3/c1-8-10-13-22(20(3)9-2)16-29-21(4)17-31-24-15-12-11-14-23(24)28(25(31)32)18-30(19-28)26(33)34-27(5,6)7/h8,10-16,20H,4,9,17-19H2,1-3,5-7H3/b10-8-,22-13-,29-16?. The van der Waals surface area contributed by atoms with E-state index in [1.807, 2.05) is 70.3 Å². The molecule has 1 fully saturated rings. The van der Waals surface area contributed by atoms with Crippen LogP contribution in [0.25, 0.3) is 0 Å². The van der Waals surface area contributed by atoms with Crippen LogP contribution in [0.5, 0.6) is 0 Å². The highest BCUT2D eigenvalue weighted by Gasteiger charge is 2.59. The summed E-state index contributed by atoms with van der Waals surface area (Å²) in [5, 5.41) is 0. The van der Waals surface area contributed by atoms with Gasteiger partial charge in [-0.1, -0.05) is 56.9 Å². The van der Waals surface area contributed by atoms with E-state index >= 15 is 0 Å². The second-order valence-corrected chi connectivity index (χ2v) is 10.2. The average Bonchev–Trinajstić information content (AvgIpc) is 2.99. The highest BCUT2D eigenvalue weighted by atomic mass is 16.6. The first-order valence-electron chi connectivity index (χ1n) is 12.0. The molecule has 2 amide bonds. The second kappa shape index (κ2) is 10.00. The summed E-state index contributed by atoms with van der Waals surface area (Å²) in [6, 6.07) is 7.79. The Kier molecular flexibility index (Phi) is 7.49. The van der Waals surface area contributed by atoms with Crippen molar-refractivity contribution in [2.45, 2.75) is 59.0 Å². The van der Waals surface area contributed by atoms with Crippen LogP contribution in [0.4, 0.5) is 10.5 Å². The molecule has 1 aromatic rings. The molecular weight excluding hydrogens is 426 g/mol. The summed E-state index contributed by atoms with van der Waals surface area (Å²) in [5.41, 5.74) is 2.24. The number of rotatable bonds is 7. The third-order valence-electron chi connectivity index (χ3n) is 6.34. The summed E-state index contributed by atoms with van der Waals surface area (Å²) >= 11 is 0. The Balaban J connectivity index is 1.76. The van der Waals surface area contributed by atoms with Gasteiger partial charge >= 0.3 is 6.09 Å². The van der Waals surface area contributed by atoms with Gasteiger partial charge in [-0.15, -0.1) is 0 Å². The quantitative estimate of drug-likeness (QED) is 0.387. The Labute approximate surface area is 203 Å². The molecule has 1 saturated heterocycles. The number of nitrogens with zero attached hydrogens (tertiary/aromatic N) is 3. The minimum absolute atomic E-state index is 0.0172. The Bertz CT molecular complexity index is 1040. The summed E-state index contributed by atoms with van der Waals surface area (Å²) in [6.45, 7) is 16.9. The number of hydrogen-bond acceptors (Lipinski definition) is 4. The fraction of sp³-hybridized carbons (Fsp3) is 0.464. The maximum absolute atomic E-state index is 13.6. The van der Waals surface area contributed by atoms with E-state index in [4.69, 9.17) is 4.74 Å². The molecule has 2 aliphatic rings. The van der Waals surface area contributed by atoms with Crippen LogP contribution in [0.3, 0.4) is 0 Å². The predicted molar refractivity (Wildman–Crippen MR) is 138 cm³/mol. The summed E-state index contributed by atoms with van der Waals surface area (Å²) in [6.07, 6.45) is 8.54. The smallest absolute Gasteiger partial charge is 0.410 e. The molecule has 1 atom stereocenters. The van der Waals surface area contributed by atoms with Gasteiger partial charge in [-0.3, -0.25) is 9.79 Å². The Hall–Kier alpha value is -3.15. The maximum Gasteiger partial charge on any atom is 0.410 e. The summed E-state index contributed by atoms with van der Waals surface area (Å²) < 4.78 is 5.49. The van der Waals surface area contributed by atoms with Crippen molar-refractivity contribution >= 4 is 23.9 Å². The third-order valence-corrected chi connectivity index (χ3v) is 6.34. The van der Waals surface area contributed by atoms with Crippen LogP contribution < -0.4 is 4.90 Å². The lowest BCUT2D eigenvalue weighted by Gasteiger charge is -2.46. The van der Waals surface area contributed by atoms with Crippen molar-refractivity contribution in [3.63, 3.8) is 0 Å². The summed E-state index contributed by atoms with van der Waals surface area (Å²) in [4.78, 5) is 34.1. The molecule has 0 aromatic heterocycles. The molecule has 0 bridgehead atoms. The third kappa shape index (κ3) is 5.16. The number of allylic oxidation sites excluding steroid dienone is 4. The molecule has 34 heavy (non-hydrogen) atoms. The van der Waals surface area contributed by atoms with E-state index in [0.29, 0.717) is 31.2 Å². The monoisotopic (exact) mass is 463 g/mol. The molecule has 1 spiro atoms. The normalized spacial score (nSPS) is 18.5. The molecule has 2 heterocycles. The van der Waals surface area contributed by atoms with Gasteiger partial charge in [-0.25, -0.2) is 4.79 Å². The Morgan fingerprint density at radius 1 is 1.29 bits per heavy atom. The minimum Gasteiger partial charge on any atom is -0.444 e. The highest BCUT2D eigenvalue weighted by molar-refractivity contribution is 6.10. The number of ether oxygens (including phenoxy) is 1. The molecule has 0 N–H and O–H groups in total. The van der Waals surface area contributed by atoms with Gasteiger partial charge in [0.25, 0.3) is 0 Å². The predicted octanol–water partition coefficient (Wildman–Crippen LogP) is 5.65.